The first-order chi connectivity index (χ1) is 17.2. The summed E-state index contributed by atoms with van der Waals surface area (Å²) >= 11 is 0. The highest BCUT2D eigenvalue weighted by Gasteiger charge is 2.28. The van der Waals surface area contributed by atoms with Crippen LogP contribution >= 0.6 is 0 Å². The fraction of sp³-hybridized carbons (Fsp3) is 0.444. The Morgan fingerprint density at radius 2 is 1.78 bits per heavy atom. The van der Waals surface area contributed by atoms with Crippen molar-refractivity contribution in [1.29, 1.82) is 0 Å². The monoisotopic (exact) mass is 488 g/mol. The van der Waals surface area contributed by atoms with Gasteiger partial charge in [-0.1, -0.05) is 6.07 Å². The summed E-state index contributed by atoms with van der Waals surface area (Å²) in [6, 6.07) is 7.59. The van der Waals surface area contributed by atoms with E-state index < -0.39 is 5.60 Å². The van der Waals surface area contributed by atoms with Crippen molar-refractivity contribution in [3.8, 4) is 0 Å². The normalized spacial score (nSPS) is 16.6. The number of anilines is 2. The Labute approximate surface area is 210 Å². The average Bonchev–Trinajstić information content (AvgIpc) is 3.69. The molecule has 2 aliphatic rings. The van der Waals surface area contributed by atoms with Gasteiger partial charge in [0.15, 0.2) is 5.82 Å². The number of nitrogens with one attached hydrogen (secondary N) is 2. The van der Waals surface area contributed by atoms with Crippen LogP contribution in [0, 0.1) is 0 Å². The Bertz CT molecular complexity index is 1280. The Kier molecular flexibility index (Phi) is 6.47. The number of carbonyl (C=O) groups is 2. The SMILES string of the molecule is CC(C)(C)OC(=O)N1CCC(c2ccc3nccc(NC(=O)Nc4cncc(C5CC5)n4)c3c2)CC1. The third-order valence-corrected chi connectivity index (χ3v) is 6.52. The fourth-order valence-electron chi connectivity index (χ4n) is 4.54. The number of hydrogen-bond acceptors (Lipinski definition) is 6. The van der Waals surface area contributed by atoms with Crippen LogP contribution in [-0.4, -0.2) is 50.7 Å². The fourth-order valence-corrected chi connectivity index (χ4v) is 4.54. The topological polar surface area (TPSA) is 109 Å². The predicted octanol–water partition coefficient (Wildman–Crippen LogP) is 5.66. The molecule has 3 heterocycles. The van der Waals surface area contributed by atoms with Gasteiger partial charge in [0.2, 0.25) is 0 Å². The number of likely N-dealkylation sites (tertiary alicyclic amines) is 1. The molecule has 36 heavy (non-hydrogen) atoms. The van der Waals surface area contributed by atoms with E-state index in [9.17, 15) is 9.59 Å². The molecule has 188 valence electrons. The first-order valence-corrected chi connectivity index (χ1v) is 12.5. The molecule has 0 radical (unpaired) electrons. The van der Waals surface area contributed by atoms with Crippen LogP contribution in [0.5, 0.6) is 0 Å². The van der Waals surface area contributed by atoms with Crippen molar-refractivity contribution in [1.82, 2.24) is 19.9 Å². The average molecular weight is 489 g/mol. The van der Waals surface area contributed by atoms with E-state index in [0.717, 1.165) is 42.3 Å². The van der Waals surface area contributed by atoms with Crippen LogP contribution in [0.3, 0.4) is 0 Å². The van der Waals surface area contributed by atoms with Gasteiger partial charge in [-0.05, 0) is 76.1 Å². The summed E-state index contributed by atoms with van der Waals surface area (Å²) in [6.07, 6.45) is 8.69. The summed E-state index contributed by atoms with van der Waals surface area (Å²) in [7, 11) is 0. The van der Waals surface area contributed by atoms with Gasteiger partial charge < -0.3 is 15.0 Å². The zero-order valence-corrected chi connectivity index (χ0v) is 21.0. The van der Waals surface area contributed by atoms with Gasteiger partial charge in [-0.3, -0.25) is 15.3 Å². The van der Waals surface area contributed by atoms with E-state index in [1.165, 1.54) is 5.56 Å². The van der Waals surface area contributed by atoms with Crippen molar-refractivity contribution >= 4 is 34.5 Å². The minimum Gasteiger partial charge on any atom is -0.444 e. The highest BCUT2D eigenvalue weighted by molar-refractivity contribution is 6.05. The Morgan fingerprint density at radius 3 is 2.50 bits per heavy atom. The van der Waals surface area contributed by atoms with Gasteiger partial charge >= 0.3 is 12.1 Å². The van der Waals surface area contributed by atoms with E-state index >= 15 is 0 Å². The summed E-state index contributed by atoms with van der Waals surface area (Å²) in [5, 5.41) is 6.61. The van der Waals surface area contributed by atoms with Crippen LogP contribution in [0.1, 0.15) is 69.5 Å². The van der Waals surface area contributed by atoms with Crippen molar-refractivity contribution in [2.75, 3.05) is 23.7 Å². The van der Waals surface area contributed by atoms with Crippen molar-refractivity contribution in [3.63, 3.8) is 0 Å². The molecule has 3 amide bonds. The zero-order chi connectivity index (χ0) is 25.3. The molecule has 2 aromatic heterocycles. The number of rotatable bonds is 4. The van der Waals surface area contributed by atoms with Gasteiger partial charge in [0, 0.05) is 36.8 Å². The number of amides is 3. The third-order valence-electron chi connectivity index (χ3n) is 6.52. The maximum atomic E-state index is 12.7. The van der Waals surface area contributed by atoms with E-state index in [4.69, 9.17) is 4.74 Å². The zero-order valence-electron chi connectivity index (χ0n) is 21.0. The summed E-state index contributed by atoms with van der Waals surface area (Å²) in [5.41, 5.74) is 3.08. The lowest BCUT2D eigenvalue weighted by Crippen LogP contribution is -2.41. The quantitative estimate of drug-likeness (QED) is 0.490. The van der Waals surface area contributed by atoms with Crippen LogP contribution in [0.25, 0.3) is 10.9 Å². The Morgan fingerprint density at radius 1 is 1.00 bits per heavy atom. The van der Waals surface area contributed by atoms with Gasteiger partial charge in [-0.15, -0.1) is 0 Å². The van der Waals surface area contributed by atoms with E-state index in [0.29, 0.717) is 36.4 Å². The van der Waals surface area contributed by atoms with Crippen LogP contribution in [0.2, 0.25) is 0 Å². The minimum absolute atomic E-state index is 0.256. The number of pyridine rings is 1. The third kappa shape index (κ3) is 5.72. The molecule has 5 rings (SSSR count). The van der Waals surface area contributed by atoms with Crippen LogP contribution in [0.15, 0.2) is 42.9 Å². The number of piperidine rings is 1. The first-order valence-electron chi connectivity index (χ1n) is 12.5. The van der Waals surface area contributed by atoms with E-state index in [-0.39, 0.29) is 12.1 Å². The Hall–Kier alpha value is -3.75. The smallest absolute Gasteiger partial charge is 0.410 e. The van der Waals surface area contributed by atoms with E-state index in [2.05, 4.69) is 37.7 Å². The molecule has 1 aliphatic carbocycles. The summed E-state index contributed by atoms with van der Waals surface area (Å²) < 4.78 is 5.52. The lowest BCUT2D eigenvalue weighted by Gasteiger charge is -2.33. The van der Waals surface area contributed by atoms with E-state index in [1.807, 2.05) is 26.8 Å². The highest BCUT2D eigenvalue weighted by atomic mass is 16.6. The largest absolute Gasteiger partial charge is 0.444 e. The lowest BCUT2D eigenvalue weighted by molar-refractivity contribution is 0.0205. The highest BCUT2D eigenvalue weighted by Crippen LogP contribution is 2.39. The number of benzene rings is 1. The lowest BCUT2D eigenvalue weighted by atomic mass is 9.88. The molecule has 1 aromatic carbocycles. The van der Waals surface area contributed by atoms with Crippen LogP contribution < -0.4 is 10.6 Å². The molecule has 0 unspecified atom stereocenters. The van der Waals surface area contributed by atoms with Gasteiger partial charge in [0.05, 0.1) is 23.1 Å². The Balaban J connectivity index is 1.26. The summed E-state index contributed by atoms with van der Waals surface area (Å²) in [6.45, 7) is 6.94. The number of ether oxygens (including phenoxy) is 1. The molecule has 2 fully saturated rings. The van der Waals surface area contributed by atoms with Gasteiger partial charge in [-0.2, -0.15) is 0 Å². The van der Waals surface area contributed by atoms with E-state index in [1.54, 1.807) is 29.6 Å². The molecule has 1 saturated heterocycles. The van der Waals surface area contributed by atoms with Crippen LogP contribution in [-0.2, 0) is 4.74 Å². The standard InChI is InChI=1S/C27H32N6O3/c1-27(2,3)36-26(35)33-12-9-17(10-13-33)19-6-7-21-20(14-19)22(8-11-29-21)31-25(34)32-24-16-28-15-23(30-24)18-4-5-18/h6-8,11,14-18H,4-5,9-10,12-13H2,1-3H3,(H2,29,30,31,32,34). The molecule has 9 heteroatoms. The number of carbonyl (C=O) groups excluding carboxylic acids is 2. The molecule has 1 saturated carbocycles. The second kappa shape index (κ2) is 9.72. The second-order valence-corrected chi connectivity index (χ2v) is 10.6. The second-order valence-electron chi connectivity index (χ2n) is 10.6. The maximum absolute atomic E-state index is 12.7. The maximum Gasteiger partial charge on any atom is 0.410 e. The van der Waals surface area contributed by atoms with Crippen LogP contribution in [0.4, 0.5) is 21.1 Å². The van der Waals surface area contributed by atoms with Gasteiger partial charge in [0.25, 0.3) is 0 Å². The number of fused-ring (bicyclic) bond motifs is 1. The van der Waals surface area contributed by atoms with Crippen molar-refractivity contribution in [3.05, 3.63) is 54.1 Å². The van der Waals surface area contributed by atoms with Crippen molar-refractivity contribution in [2.24, 2.45) is 0 Å². The number of urea groups is 1. The number of hydrogen-bond donors (Lipinski definition) is 2. The molecule has 2 N–H and O–H groups in total. The molecular formula is C27H32N6O3. The van der Waals surface area contributed by atoms with Gasteiger partial charge in [0.1, 0.15) is 5.60 Å². The number of nitrogens with zero attached hydrogens (tertiary/aromatic N) is 4. The predicted molar refractivity (Wildman–Crippen MR) is 138 cm³/mol. The summed E-state index contributed by atoms with van der Waals surface area (Å²) in [4.78, 5) is 40.1. The molecular weight excluding hydrogens is 456 g/mol. The molecule has 0 bridgehead atoms. The molecule has 9 nitrogen and oxygen atoms in total. The first kappa shape index (κ1) is 24.0. The van der Waals surface area contributed by atoms with Crippen molar-refractivity contribution < 1.29 is 14.3 Å². The number of aromatic nitrogens is 3. The molecule has 3 aromatic rings. The van der Waals surface area contributed by atoms with Crippen molar-refractivity contribution in [2.45, 2.75) is 63.9 Å². The minimum atomic E-state index is -0.498. The molecule has 0 spiro atoms. The van der Waals surface area contributed by atoms with Gasteiger partial charge in [-0.25, -0.2) is 14.6 Å². The molecule has 0 atom stereocenters. The summed E-state index contributed by atoms with van der Waals surface area (Å²) in [5.74, 6) is 1.21. The molecule has 1 aliphatic heterocycles.